The first-order valence-electron chi connectivity index (χ1n) is 9.86. The van der Waals surface area contributed by atoms with Gasteiger partial charge < -0.3 is 9.80 Å². The van der Waals surface area contributed by atoms with E-state index in [9.17, 15) is 9.59 Å². The van der Waals surface area contributed by atoms with Gasteiger partial charge in [-0.15, -0.1) is 11.3 Å². The second-order valence-corrected chi connectivity index (χ2v) is 8.38. The van der Waals surface area contributed by atoms with Crippen molar-refractivity contribution >= 4 is 28.2 Å². The maximum atomic E-state index is 13.2. The summed E-state index contributed by atoms with van der Waals surface area (Å²) in [6.07, 6.45) is 0.902. The molecule has 1 amide bonds. The molecule has 0 radical (unpaired) electrons. The van der Waals surface area contributed by atoms with E-state index in [0.717, 1.165) is 47.0 Å². The number of hydrogen-bond acceptors (Lipinski definition) is 5. The Morgan fingerprint density at radius 3 is 2.55 bits per heavy atom. The minimum absolute atomic E-state index is 0.00581. The molecule has 2 aliphatic rings. The lowest BCUT2D eigenvalue weighted by Crippen LogP contribution is -2.35. The Kier molecular flexibility index (Phi) is 4.43. The molecule has 0 atom stereocenters. The molecular weight excluding hydrogens is 382 g/mol. The fourth-order valence-electron chi connectivity index (χ4n) is 4.14. The van der Waals surface area contributed by atoms with Crippen molar-refractivity contribution in [1.29, 1.82) is 0 Å². The minimum Gasteiger partial charge on any atom is -0.346 e. The number of thiazole rings is 1. The van der Waals surface area contributed by atoms with E-state index < -0.39 is 0 Å². The third kappa shape index (κ3) is 3.13. The number of carbonyl (C=O) groups is 2. The molecule has 0 bridgehead atoms. The molecule has 2 aromatic carbocycles. The Morgan fingerprint density at radius 2 is 1.76 bits per heavy atom. The van der Waals surface area contributed by atoms with Gasteiger partial charge in [-0.25, -0.2) is 4.98 Å². The molecule has 1 aromatic heterocycles. The van der Waals surface area contributed by atoms with Gasteiger partial charge in [-0.3, -0.25) is 9.59 Å². The Bertz CT molecular complexity index is 1120. The van der Waals surface area contributed by atoms with E-state index in [1.54, 1.807) is 17.4 Å². The van der Waals surface area contributed by atoms with E-state index in [2.05, 4.69) is 15.3 Å². The lowest BCUT2D eigenvalue weighted by atomic mass is 10.0. The van der Waals surface area contributed by atoms with E-state index in [-0.39, 0.29) is 11.7 Å². The van der Waals surface area contributed by atoms with Crippen LogP contribution in [0.4, 0.5) is 5.13 Å². The third-order valence-corrected chi connectivity index (χ3v) is 6.65. The minimum atomic E-state index is -0.00581. The number of benzene rings is 2. The molecule has 0 saturated carbocycles. The Balaban J connectivity index is 1.36. The van der Waals surface area contributed by atoms with Crippen LogP contribution in [0.2, 0.25) is 0 Å². The van der Waals surface area contributed by atoms with Crippen molar-refractivity contribution < 1.29 is 9.59 Å². The second kappa shape index (κ2) is 7.12. The van der Waals surface area contributed by atoms with Gasteiger partial charge in [0.15, 0.2) is 10.9 Å². The molecule has 0 N–H and O–H groups in total. The van der Waals surface area contributed by atoms with Gasteiger partial charge in [0.05, 0.1) is 5.69 Å². The molecule has 0 spiro atoms. The first-order chi connectivity index (χ1) is 14.1. The van der Waals surface area contributed by atoms with Crippen molar-refractivity contribution in [3.8, 4) is 11.1 Å². The highest BCUT2D eigenvalue weighted by molar-refractivity contribution is 7.13. The monoisotopic (exact) mass is 403 g/mol. The van der Waals surface area contributed by atoms with Gasteiger partial charge in [-0.1, -0.05) is 30.3 Å². The molecule has 146 valence electrons. The highest BCUT2D eigenvalue weighted by atomic mass is 32.1. The van der Waals surface area contributed by atoms with Gasteiger partial charge in [0.2, 0.25) is 0 Å². The summed E-state index contributed by atoms with van der Waals surface area (Å²) in [7, 11) is 0. The summed E-state index contributed by atoms with van der Waals surface area (Å²) in [5.41, 5.74) is 4.84. The third-order valence-electron chi connectivity index (χ3n) is 5.63. The molecule has 1 aliphatic carbocycles. The maximum absolute atomic E-state index is 13.2. The molecule has 29 heavy (non-hydrogen) atoms. The van der Waals surface area contributed by atoms with Gasteiger partial charge in [0.25, 0.3) is 5.91 Å². The summed E-state index contributed by atoms with van der Waals surface area (Å²) >= 11 is 1.65. The van der Waals surface area contributed by atoms with Crippen molar-refractivity contribution in [2.24, 2.45) is 0 Å². The van der Waals surface area contributed by atoms with Crippen LogP contribution in [0.15, 0.2) is 47.8 Å². The second-order valence-electron chi connectivity index (χ2n) is 7.54. The van der Waals surface area contributed by atoms with E-state index >= 15 is 0 Å². The van der Waals surface area contributed by atoms with Crippen LogP contribution in [0, 0.1) is 6.92 Å². The van der Waals surface area contributed by atoms with E-state index in [1.165, 1.54) is 0 Å². The Morgan fingerprint density at radius 1 is 0.966 bits per heavy atom. The molecule has 3 aromatic rings. The predicted molar refractivity (Wildman–Crippen MR) is 115 cm³/mol. The summed E-state index contributed by atoms with van der Waals surface area (Å²) < 4.78 is 0. The fraction of sp³-hybridized carbons (Fsp3) is 0.261. The number of anilines is 1. The van der Waals surface area contributed by atoms with Crippen molar-refractivity contribution in [3.63, 3.8) is 0 Å². The van der Waals surface area contributed by atoms with Gasteiger partial charge in [-0.05, 0) is 36.6 Å². The number of nitrogens with zero attached hydrogens (tertiary/aromatic N) is 3. The number of amides is 1. The molecule has 1 aliphatic heterocycles. The molecule has 6 heteroatoms. The average molecular weight is 404 g/mol. The van der Waals surface area contributed by atoms with E-state index in [1.807, 2.05) is 48.2 Å². The van der Waals surface area contributed by atoms with Crippen LogP contribution >= 0.6 is 11.3 Å². The Labute approximate surface area is 173 Å². The van der Waals surface area contributed by atoms with Gasteiger partial charge in [-0.2, -0.15) is 0 Å². The molecular formula is C23H21N3O2S. The largest absolute Gasteiger partial charge is 0.346 e. The average Bonchev–Trinajstić information content (AvgIpc) is 3.19. The number of aryl methyl sites for hydroxylation is 1. The lowest BCUT2D eigenvalue weighted by Gasteiger charge is -2.22. The normalized spacial score (nSPS) is 15.8. The predicted octanol–water partition coefficient (Wildman–Crippen LogP) is 4.02. The van der Waals surface area contributed by atoms with Gasteiger partial charge in [0.1, 0.15) is 0 Å². The topological polar surface area (TPSA) is 53.5 Å². The van der Waals surface area contributed by atoms with Crippen molar-refractivity contribution in [3.05, 3.63) is 70.2 Å². The van der Waals surface area contributed by atoms with Gasteiger partial charge in [0, 0.05) is 48.2 Å². The summed E-state index contributed by atoms with van der Waals surface area (Å²) in [5, 5.41) is 3.08. The SMILES string of the molecule is Cc1csc(N2CCCN(C(=O)c3ccc4c(c3)C(=O)c3ccccc3-4)CC2)n1. The molecule has 5 nitrogen and oxygen atoms in total. The molecule has 0 unspecified atom stereocenters. The number of fused-ring (bicyclic) bond motifs is 3. The standard InChI is InChI=1S/C23H21N3O2S/c1-15-14-29-23(24-15)26-10-4-9-25(11-12-26)22(28)16-7-8-18-17-5-2-3-6-19(17)21(27)20(18)13-16/h2-3,5-8,13-14H,4,9-12H2,1H3. The number of hydrogen-bond donors (Lipinski definition) is 0. The van der Waals surface area contributed by atoms with Crippen molar-refractivity contribution in [2.75, 3.05) is 31.1 Å². The van der Waals surface area contributed by atoms with Crippen LogP contribution in [-0.2, 0) is 0 Å². The zero-order chi connectivity index (χ0) is 20.0. The fourth-order valence-corrected chi connectivity index (χ4v) is 5.00. The number of aromatic nitrogens is 1. The lowest BCUT2D eigenvalue weighted by molar-refractivity contribution is 0.0767. The van der Waals surface area contributed by atoms with Crippen LogP contribution in [0.1, 0.15) is 38.4 Å². The summed E-state index contributed by atoms with van der Waals surface area (Å²) in [6.45, 7) is 5.04. The van der Waals surface area contributed by atoms with Gasteiger partial charge >= 0.3 is 0 Å². The first-order valence-corrected chi connectivity index (χ1v) is 10.7. The molecule has 2 heterocycles. The smallest absolute Gasteiger partial charge is 0.253 e. The summed E-state index contributed by atoms with van der Waals surface area (Å²) in [5.74, 6) is 0.000145. The highest BCUT2D eigenvalue weighted by Gasteiger charge is 2.28. The maximum Gasteiger partial charge on any atom is 0.253 e. The number of rotatable bonds is 2. The summed E-state index contributed by atoms with van der Waals surface area (Å²) in [4.78, 5) is 34.7. The van der Waals surface area contributed by atoms with Crippen LogP contribution in [0.3, 0.4) is 0 Å². The Hall–Kier alpha value is -2.99. The molecule has 1 saturated heterocycles. The zero-order valence-corrected chi connectivity index (χ0v) is 17.0. The van der Waals surface area contributed by atoms with Crippen LogP contribution in [-0.4, -0.2) is 47.8 Å². The van der Waals surface area contributed by atoms with E-state index in [0.29, 0.717) is 24.2 Å². The van der Waals surface area contributed by atoms with Crippen LogP contribution < -0.4 is 4.90 Å². The highest BCUT2D eigenvalue weighted by Crippen LogP contribution is 2.36. The quantitative estimate of drug-likeness (QED) is 0.507. The van der Waals surface area contributed by atoms with E-state index in [4.69, 9.17) is 0 Å². The first kappa shape index (κ1) is 18.1. The van der Waals surface area contributed by atoms with Crippen LogP contribution in [0.5, 0.6) is 0 Å². The van der Waals surface area contributed by atoms with Crippen molar-refractivity contribution in [2.45, 2.75) is 13.3 Å². The number of ketones is 1. The molecule has 5 rings (SSSR count). The summed E-state index contributed by atoms with van der Waals surface area (Å²) in [6, 6.07) is 13.2. The number of carbonyl (C=O) groups excluding carboxylic acids is 2. The molecule has 1 fully saturated rings. The van der Waals surface area contributed by atoms with Crippen LogP contribution in [0.25, 0.3) is 11.1 Å². The van der Waals surface area contributed by atoms with Crippen molar-refractivity contribution in [1.82, 2.24) is 9.88 Å². The zero-order valence-electron chi connectivity index (χ0n) is 16.2.